The summed E-state index contributed by atoms with van der Waals surface area (Å²) in [6.07, 6.45) is 7.02. The highest BCUT2D eigenvalue weighted by atomic mass is 16.1. The molecule has 1 heterocycles. The van der Waals surface area contributed by atoms with Crippen molar-refractivity contribution in [3.63, 3.8) is 0 Å². The molecule has 4 heteroatoms. The lowest BCUT2D eigenvalue weighted by molar-refractivity contribution is -0.116. The lowest BCUT2D eigenvalue weighted by atomic mass is 10.2. The summed E-state index contributed by atoms with van der Waals surface area (Å²) in [7, 11) is 0. The Balaban J connectivity index is 1.76. The van der Waals surface area contributed by atoms with E-state index in [2.05, 4.69) is 10.3 Å². The summed E-state index contributed by atoms with van der Waals surface area (Å²) in [6.45, 7) is 3.27. The highest BCUT2D eigenvalue weighted by Gasteiger charge is 1.98. The Morgan fingerprint density at radius 2 is 2.16 bits per heavy atom. The summed E-state index contributed by atoms with van der Waals surface area (Å²) >= 11 is 0. The van der Waals surface area contributed by atoms with Crippen LogP contribution < -0.4 is 5.32 Å². The molecular formula is C15H17N3O. The minimum Gasteiger partial charge on any atom is -0.351 e. The molecule has 0 unspecified atom stereocenters. The number of imidazole rings is 1. The van der Waals surface area contributed by atoms with Gasteiger partial charge < -0.3 is 9.88 Å². The van der Waals surface area contributed by atoms with E-state index in [9.17, 15) is 4.79 Å². The van der Waals surface area contributed by atoms with E-state index in [-0.39, 0.29) is 5.91 Å². The fourth-order valence-electron chi connectivity index (χ4n) is 1.73. The smallest absolute Gasteiger partial charge is 0.244 e. The number of carbonyl (C=O) groups is 1. The van der Waals surface area contributed by atoms with Crippen molar-refractivity contribution in [3.05, 3.63) is 60.2 Å². The average Bonchev–Trinajstić information content (AvgIpc) is 2.83. The molecule has 0 aliphatic carbocycles. The second-order valence-electron chi connectivity index (χ2n) is 4.20. The summed E-state index contributed by atoms with van der Waals surface area (Å²) in [5, 5.41) is 2.84. The molecule has 2 aromatic rings. The molecule has 98 valence electrons. The van der Waals surface area contributed by atoms with Crippen molar-refractivity contribution in [1.82, 2.24) is 14.9 Å². The summed E-state index contributed by atoms with van der Waals surface area (Å²) in [6, 6.07) is 9.75. The van der Waals surface area contributed by atoms with E-state index in [0.29, 0.717) is 6.54 Å². The summed E-state index contributed by atoms with van der Waals surface area (Å²) < 4.78 is 2.00. The van der Waals surface area contributed by atoms with E-state index in [4.69, 9.17) is 0 Å². The highest BCUT2D eigenvalue weighted by Crippen LogP contribution is 2.00. The second-order valence-corrected chi connectivity index (χ2v) is 4.20. The maximum Gasteiger partial charge on any atom is 0.244 e. The van der Waals surface area contributed by atoms with Crippen LogP contribution in [0.3, 0.4) is 0 Å². The molecule has 0 radical (unpaired) electrons. The van der Waals surface area contributed by atoms with Gasteiger partial charge in [0.25, 0.3) is 0 Å². The van der Waals surface area contributed by atoms with Crippen LogP contribution in [0.25, 0.3) is 6.08 Å². The minimum absolute atomic E-state index is 0.0818. The quantitative estimate of drug-likeness (QED) is 0.831. The Morgan fingerprint density at radius 3 is 2.84 bits per heavy atom. The number of hydrogen-bond acceptors (Lipinski definition) is 2. The molecule has 0 saturated heterocycles. The number of nitrogens with one attached hydrogen (secondary N) is 1. The summed E-state index contributed by atoms with van der Waals surface area (Å²) in [5.41, 5.74) is 1.02. The zero-order valence-electron chi connectivity index (χ0n) is 10.9. The third-order valence-corrected chi connectivity index (χ3v) is 2.80. The standard InChI is InChI=1S/C15H17N3O/c1-13-16-9-11-18(13)12-10-17-15(19)8-7-14-5-3-2-4-6-14/h2-9,11H,10,12H2,1H3,(H,17,19)/b8-7+. The molecule has 0 aliphatic rings. The van der Waals surface area contributed by atoms with E-state index >= 15 is 0 Å². The van der Waals surface area contributed by atoms with Crippen LogP contribution in [-0.2, 0) is 11.3 Å². The van der Waals surface area contributed by atoms with Crippen molar-refractivity contribution in [2.45, 2.75) is 13.5 Å². The van der Waals surface area contributed by atoms with Crippen LogP contribution in [0.5, 0.6) is 0 Å². The number of aryl methyl sites for hydroxylation is 1. The molecule has 1 aromatic heterocycles. The van der Waals surface area contributed by atoms with E-state index < -0.39 is 0 Å². The number of benzene rings is 1. The van der Waals surface area contributed by atoms with E-state index in [1.807, 2.05) is 48.0 Å². The van der Waals surface area contributed by atoms with Crippen LogP contribution in [0, 0.1) is 6.92 Å². The van der Waals surface area contributed by atoms with Gasteiger partial charge in [-0.05, 0) is 18.6 Å². The van der Waals surface area contributed by atoms with Gasteiger partial charge in [-0.1, -0.05) is 30.3 Å². The Kier molecular flexibility index (Phi) is 4.50. The molecule has 0 saturated carbocycles. The normalized spacial score (nSPS) is 10.8. The molecular weight excluding hydrogens is 238 g/mol. The van der Waals surface area contributed by atoms with Gasteiger partial charge in [-0.25, -0.2) is 4.98 Å². The van der Waals surface area contributed by atoms with Gasteiger partial charge >= 0.3 is 0 Å². The van der Waals surface area contributed by atoms with Crippen molar-refractivity contribution in [1.29, 1.82) is 0 Å². The highest BCUT2D eigenvalue weighted by molar-refractivity contribution is 5.91. The second kappa shape index (κ2) is 6.54. The first-order chi connectivity index (χ1) is 9.25. The SMILES string of the molecule is Cc1nccn1CCNC(=O)/C=C/c1ccccc1. The molecule has 1 N–H and O–H groups in total. The van der Waals surface area contributed by atoms with Crippen LogP contribution in [0.4, 0.5) is 0 Å². The predicted octanol–water partition coefficient (Wildman–Crippen LogP) is 2.02. The van der Waals surface area contributed by atoms with Gasteiger partial charge in [0.2, 0.25) is 5.91 Å². The average molecular weight is 255 g/mol. The molecule has 0 spiro atoms. The van der Waals surface area contributed by atoms with Gasteiger partial charge in [0.05, 0.1) is 0 Å². The summed E-state index contributed by atoms with van der Waals surface area (Å²) in [4.78, 5) is 15.7. The van der Waals surface area contributed by atoms with Gasteiger partial charge in [0.1, 0.15) is 5.82 Å². The molecule has 0 aliphatic heterocycles. The molecule has 1 aromatic carbocycles. The van der Waals surface area contributed by atoms with E-state index in [0.717, 1.165) is 17.9 Å². The first-order valence-electron chi connectivity index (χ1n) is 6.24. The maximum atomic E-state index is 11.6. The van der Waals surface area contributed by atoms with Gasteiger partial charge in [0.15, 0.2) is 0 Å². The van der Waals surface area contributed by atoms with Gasteiger partial charge in [-0.15, -0.1) is 0 Å². The minimum atomic E-state index is -0.0818. The predicted molar refractivity (Wildman–Crippen MR) is 75.4 cm³/mol. The zero-order chi connectivity index (χ0) is 13.5. The number of hydrogen-bond donors (Lipinski definition) is 1. The molecule has 0 bridgehead atoms. The molecule has 4 nitrogen and oxygen atoms in total. The fourth-order valence-corrected chi connectivity index (χ4v) is 1.73. The Labute approximate surface area is 112 Å². The third-order valence-electron chi connectivity index (χ3n) is 2.80. The van der Waals surface area contributed by atoms with Crippen LogP contribution in [-0.4, -0.2) is 22.0 Å². The first kappa shape index (κ1) is 13.1. The Morgan fingerprint density at radius 1 is 1.37 bits per heavy atom. The third kappa shape index (κ3) is 4.10. The number of nitrogens with zero attached hydrogens (tertiary/aromatic N) is 2. The Hall–Kier alpha value is -2.36. The monoisotopic (exact) mass is 255 g/mol. The fraction of sp³-hybridized carbons (Fsp3) is 0.200. The lowest BCUT2D eigenvalue weighted by Crippen LogP contribution is -2.25. The topological polar surface area (TPSA) is 46.9 Å². The molecule has 0 fully saturated rings. The molecule has 1 amide bonds. The molecule has 2 rings (SSSR count). The van der Waals surface area contributed by atoms with Crippen LogP contribution in [0.2, 0.25) is 0 Å². The van der Waals surface area contributed by atoms with Crippen LogP contribution >= 0.6 is 0 Å². The van der Waals surface area contributed by atoms with Crippen molar-refractivity contribution in [3.8, 4) is 0 Å². The van der Waals surface area contributed by atoms with Gasteiger partial charge in [0, 0.05) is 31.6 Å². The molecule has 19 heavy (non-hydrogen) atoms. The van der Waals surface area contributed by atoms with Crippen LogP contribution in [0.15, 0.2) is 48.8 Å². The largest absolute Gasteiger partial charge is 0.351 e. The number of aromatic nitrogens is 2. The van der Waals surface area contributed by atoms with Gasteiger partial charge in [-0.3, -0.25) is 4.79 Å². The number of carbonyl (C=O) groups excluding carboxylic acids is 1. The Bertz CT molecular complexity index is 558. The van der Waals surface area contributed by atoms with E-state index in [1.54, 1.807) is 18.3 Å². The first-order valence-corrected chi connectivity index (χ1v) is 6.24. The number of rotatable bonds is 5. The van der Waals surface area contributed by atoms with Crippen LogP contribution in [0.1, 0.15) is 11.4 Å². The van der Waals surface area contributed by atoms with Crippen molar-refractivity contribution in [2.24, 2.45) is 0 Å². The summed E-state index contributed by atoms with van der Waals surface area (Å²) in [5.74, 6) is 0.871. The molecule has 0 atom stereocenters. The van der Waals surface area contributed by atoms with E-state index in [1.165, 1.54) is 0 Å². The van der Waals surface area contributed by atoms with Crippen molar-refractivity contribution < 1.29 is 4.79 Å². The van der Waals surface area contributed by atoms with Crippen molar-refractivity contribution >= 4 is 12.0 Å². The number of amides is 1. The van der Waals surface area contributed by atoms with Crippen molar-refractivity contribution in [2.75, 3.05) is 6.54 Å². The maximum absolute atomic E-state index is 11.6. The van der Waals surface area contributed by atoms with Gasteiger partial charge in [-0.2, -0.15) is 0 Å². The zero-order valence-corrected chi connectivity index (χ0v) is 10.9. The lowest BCUT2D eigenvalue weighted by Gasteiger charge is -2.05.